The highest BCUT2D eigenvalue weighted by atomic mass is 32.3. The Morgan fingerprint density at radius 2 is 0.662 bits per heavy atom. The Morgan fingerprint density at radius 1 is 0.310 bits per heavy atom. The van der Waals surface area contributed by atoms with Crippen molar-refractivity contribution in [2.75, 3.05) is 0 Å². The van der Waals surface area contributed by atoms with Crippen LogP contribution in [0.25, 0.3) is 50.3 Å². The minimum atomic E-state index is -1.99. The molecule has 0 aliphatic rings. The molecule has 0 amide bonds. The van der Waals surface area contributed by atoms with Crippen molar-refractivity contribution in [3.05, 3.63) is 285 Å². The SMILES string of the molecule is N#Cc1ccc2c(c1)c1ccccc1n2-c1nc(-c2cccc(S(c3ccccc3)(c3ccccc3)c3ccccc3)c2)cc(-c2cccc(S(c3ccccc3)(c3ccccc3)c3ccccc3)c2)n1. The Balaban J connectivity index is 1.13. The van der Waals surface area contributed by atoms with Gasteiger partial charge >= 0.3 is 0 Å². The molecule has 0 N–H and O–H groups in total. The summed E-state index contributed by atoms with van der Waals surface area (Å²) in [6, 6.07) is 102. The number of aromatic nitrogens is 3. The van der Waals surface area contributed by atoms with Crippen LogP contribution in [0, 0.1) is 11.3 Å². The molecule has 10 aromatic carbocycles. The van der Waals surface area contributed by atoms with Crippen molar-refractivity contribution in [2.45, 2.75) is 39.2 Å². The van der Waals surface area contributed by atoms with Gasteiger partial charge in [-0.3, -0.25) is 4.57 Å². The number of hydrogen-bond donors (Lipinski definition) is 0. The maximum atomic E-state index is 10.0. The normalized spacial score (nSPS) is 12.1. The molecular formula is C65H46N4S2. The average molecular weight is 947 g/mol. The summed E-state index contributed by atoms with van der Waals surface area (Å²) in [6.45, 7) is 0. The van der Waals surface area contributed by atoms with Crippen LogP contribution in [0.2, 0.25) is 0 Å². The van der Waals surface area contributed by atoms with Crippen molar-refractivity contribution in [1.82, 2.24) is 14.5 Å². The van der Waals surface area contributed by atoms with Crippen molar-refractivity contribution >= 4 is 41.9 Å². The second-order valence-electron chi connectivity index (χ2n) is 17.3. The van der Waals surface area contributed by atoms with Gasteiger partial charge in [0.25, 0.3) is 0 Å². The van der Waals surface area contributed by atoms with Crippen molar-refractivity contribution in [1.29, 1.82) is 5.26 Å². The Hall–Kier alpha value is -8.73. The zero-order valence-corrected chi connectivity index (χ0v) is 40.3. The van der Waals surface area contributed by atoms with Crippen LogP contribution in [0.1, 0.15) is 5.56 Å². The fraction of sp³-hybridized carbons (Fsp3) is 0. The van der Waals surface area contributed by atoms with E-state index in [2.05, 4.69) is 265 Å². The number of hydrogen-bond acceptors (Lipinski definition) is 3. The number of benzene rings is 10. The minimum absolute atomic E-state index is 0.546. The van der Waals surface area contributed by atoms with Crippen molar-refractivity contribution < 1.29 is 0 Å². The number of nitriles is 1. The molecule has 4 nitrogen and oxygen atoms in total. The lowest BCUT2D eigenvalue weighted by atomic mass is 10.1. The lowest BCUT2D eigenvalue weighted by Crippen LogP contribution is -2.07. The van der Waals surface area contributed by atoms with Gasteiger partial charge in [-0.05, 0) is 127 Å². The smallest absolute Gasteiger partial charge is 0.235 e. The van der Waals surface area contributed by atoms with Crippen LogP contribution in [0.15, 0.2) is 318 Å². The third-order valence-corrected chi connectivity index (χ3v) is 21.1. The van der Waals surface area contributed by atoms with Crippen LogP contribution in [0.4, 0.5) is 0 Å². The highest BCUT2D eigenvalue weighted by molar-refractivity contribution is 8.34. The molecule has 0 saturated carbocycles. The molecule has 0 aliphatic carbocycles. The van der Waals surface area contributed by atoms with Crippen LogP contribution < -0.4 is 0 Å². The van der Waals surface area contributed by atoms with E-state index in [1.54, 1.807) is 0 Å². The van der Waals surface area contributed by atoms with E-state index < -0.39 is 20.1 Å². The molecule has 0 aliphatic heterocycles. The molecule has 0 fully saturated rings. The number of rotatable bonds is 11. The lowest BCUT2D eigenvalue weighted by molar-refractivity contribution is 0.994. The van der Waals surface area contributed by atoms with Gasteiger partial charge in [0.15, 0.2) is 0 Å². The van der Waals surface area contributed by atoms with E-state index in [0.29, 0.717) is 11.5 Å². The zero-order valence-electron chi connectivity index (χ0n) is 38.7. The second-order valence-corrected chi connectivity index (χ2v) is 23.5. The van der Waals surface area contributed by atoms with E-state index in [0.717, 1.165) is 44.3 Å². The fourth-order valence-electron chi connectivity index (χ4n) is 10.2. The van der Waals surface area contributed by atoms with E-state index >= 15 is 0 Å². The van der Waals surface area contributed by atoms with E-state index in [1.807, 2.05) is 24.3 Å². The summed E-state index contributed by atoms with van der Waals surface area (Å²) in [5.41, 5.74) is 6.05. The molecule has 0 bridgehead atoms. The van der Waals surface area contributed by atoms with Crippen LogP contribution in [-0.4, -0.2) is 14.5 Å². The molecule has 0 saturated heterocycles. The monoisotopic (exact) mass is 946 g/mol. The van der Waals surface area contributed by atoms with Gasteiger partial charge in [0, 0.05) is 61.1 Å². The summed E-state index contributed by atoms with van der Waals surface area (Å²) < 4.78 is 2.16. The first-order chi connectivity index (χ1) is 35.2. The molecule has 0 atom stereocenters. The summed E-state index contributed by atoms with van der Waals surface area (Å²) in [4.78, 5) is 21.0. The molecule has 0 spiro atoms. The topological polar surface area (TPSA) is 54.5 Å². The van der Waals surface area contributed by atoms with Crippen LogP contribution >= 0.6 is 20.1 Å². The predicted octanol–water partition coefficient (Wildman–Crippen LogP) is 17.5. The molecule has 0 radical (unpaired) electrons. The maximum Gasteiger partial charge on any atom is 0.235 e. The Bertz CT molecular complexity index is 3490. The Kier molecular flexibility index (Phi) is 11.4. The van der Waals surface area contributed by atoms with Crippen LogP contribution in [0.5, 0.6) is 0 Å². The molecule has 6 heteroatoms. The average Bonchev–Trinajstić information content (AvgIpc) is 3.79. The summed E-state index contributed by atoms with van der Waals surface area (Å²) >= 11 is 0. The van der Waals surface area contributed by atoms with Crippen molar-refractivity contribution in [3.8, 4) is 34.5 Å². The van der Waals surface area contributed by atoms with Gasteiger partial charge < -0.3 is 0 Å². The minimum Gasteiger partial charge on any atom is -0.278 e. The lowest BCUT2D eigenvalue weighted by Gasteiger charge is -2.42. The van der Waals surface area contributed by atoms with Crippen LogP contribution in [0.3, 0.4) is 0 Å². The molecule has 2 aromatic heterocycles. The van der Waals surface area contributed by atoms with Gasteiger partial charge in [0.05, 0.1) is 34.1 Å². The molecule has 0 unspecified atom stereocenters. The third kappa shape index (κ3) is 7.51. The largest absolute Gasteiger partial charge is 0.278 e. The Morgan fingerprint density at radius 3 is 1.06 bits per heavy atom. The predicted molar refractivity (Wildman–Crippen MR) is 292 cm³/mol. The van der Waals surface area contributed by atoms with E-state index in [1.165, 1.54) is 39.2 Å². The first kappa shape index (κ1) is 43.5. The molecule has 12 rings (SSSR count). The molecular weight excluding hydrogens is 901 g/mol. The standard InChI is InChI=1S/C65H46N4S2/c66-47-48-41-42-64-60(43-48)59-39-19-20-40-63(59)69(64)65-67-61(49-23-21-37-57(44-49)70(51-25-7-1-8-26-51,52-27-9-2-10-28-52)53-29-11-3-12-30-53)46-62(68-65)50-24-22-38-58(45-50)71(54-31-13-4-14-32-54,55-33-15-5-16-34-55)56-35-17-6-18-36-56/h1-46H. The quantitative estimate of drug-likeness (QED) is 0.130. The third-order valence-electron chi connectivity index (χ3n) is 13.3. The fourth-order valence-corrected chi connectivity index (χ4v) is 18.0. The first-order valence-corrected chi connectivity index (χ1v) is 26.9. The Labute approximate surface area is 417 Å². The highest BCUT2D eigenvalue weighted by Crippen LogP contribution is 2.75. The van der Waals surface area contributed by atoms with Gasteiger partial charge in [0.2, 0.25) is 5.95 Å². The van der Waals surface area contributed by atoms with E-state index in [9.17, 15) is 5.26 Å². The van der Waals surface area contributed by atoms with Crippen molar-refractivity contribution in [3.63, 3.8) is 0 Å². The maximum absolute atomic E-state index is 10.0. The summed E-state index contributed by atoms with van der Waals surface area (Å²) in [5.74, 6) is 0.546. The molecule has 338 valence electrons. The molecule has 71 heavy (non-hydrogen) atoms. The highest BCUT2D eigenvalue weighted by Gasteiger charge is 2.35. The summed E-state index contributed by atoms with van der Waals surface area (Å²) in [7, 11) is -3.99. The number of fused-ring (bicyclic) bond motifs is 3. The molecule has 2 heterocycles. The van der Waals surface area contributed by atoms with Crippen molar-refractivity contribution in [2.24, 2.45) is 0 Å². The van der Waals surface area contributed by atoms with Gasteiger partial charge in [-0.1, -0.05) is 152 Å². The zero-order chi connectivity index (χ0) is 47.6. The van der Waals surface area contributed by atoms with E-state index in [-0.39, 0.29) is 0 Å². The second kappa shape index (κ2) is 18.6. The van der Waals surface area contributed by atoms with Gasteiger partial charge in [-0.25, -0.2) is 9.97 Å². The van der Waals surface area contributed by atoms with Crippen LogP contribution in [-0.2, 0) is 0 Å². The van der Waals surface area contributed by atoms with E-state index in [4.69, 9.17) is 9.97 Å². The summed E-state index contributed by atoms with van der Waals surface area (Å²) in [5, 5.41) is 12.0. The van der Waals surface area contributed by atoms with Gasteiger partial charge in [0.1, 0.15) is 0 Å². The first-order valence-electron chi connectivity index (χ1n) is 23.7. The molecule has 12 aromatic rings. The van der Waals surface area contributed by atoms with Gasteiger partial charge in [-0.2, -0.15) is 5.26 Å². The number of para-hydroxylation sites is 1. The van der Waals surface area contributed by atoms with Gasteiger partial charge in [-0.15, -0.1) is 20.1 Å². The number of nitrogens with zero attached hydrogens (tertiary/aromatic N) is 4. The summed E-state index contributed by atoms with van der Waals surface area (Å²) in [6.07, 6.45) is 0.